The molecule has 1 unspecified atom stereocenters. The lowest BCUT2D eigenvalue weighted by molar-refractivity contribution is -0.125. The molecule has 2 amide bonds. The number of hydrogen-bond acceptors (Lipinski definition) is 4. The summed E-state index contributed by atoms with van der Waals surface area (Å²) in [6.45, 7) is 0.172. The molecule has 1 aromatic rings. The van der Waals surface area contributed by atoms with E-state index in [9.17, 15) is 9.59 Å². The molecule has 0 aromatic heterocycles. The maximum atomic E-state index is 11.6. The van der Waals surface area contributed by atoms with Crippen LogP contribution < -0.4 is 16.4 Å². The fourth-order valence-electron chi connectivity index (χ4n) is 1.46. The van der Waals surface area contributed by atoms with Crippen molar-refractivity contribution < 1.29 is 14.3 Å². The van der Waals surface area contributed by atoms with Crippen LogP contribution in [0, 0.1) is 0 Å². The number of carbonyl (C=O) groups excluding carboxylic acids is 2. The maximum Gasteiger partial charge on any atom is 0.243 e. The van der Waals surface area contributed by atoms with Gasteiger partial charge in [0.25, 0.3) is 0 Å². The van der Waals surface area contributed by atoms with Crippen molar-refractivity contribution in [3.8, 4) is 0 Å². The van der Waals surface area contributed by atoms with Crippen molar-refractivity contribution in [3.63, 3.8) is 0 Å². The van der Waals surface area contributed by atoms with Crippen LogP contribution in [0.1, 0.15) is 6.42 Å². The number of nitrogens with two attached hydrogens (primary N) is 1. The Balaban J connectivity index is 2.32. The molecule has 0 radical (unpaired) electrons. The van der Waals surface area contributed by atoms with E-state index in [1.54, 1.807) is 12.1 Å². The Bertz CT molecular complexity index is 447. The van der Waals surface area contributed by atoms with Gasteiger partial charge in [-0.1, -0.05) is 15.9 Å². The minimum Gasteiger partial charge on any atom is -0.380 e. The first-order valence-corrected chi connectivity index (χ1v) is 6.89. The van der Waals surface area contributed by atoms with Crippen molar-refractivity contribution in [3.05, 3.63) is 28.7 Å². The molecule has 4 N–H and O–H groups in total. The minimum atomic E-state index is -0.329. The van der Waals surface area contributed by atoms with E-state index in [-0.39, 0.29) is 37.4 Å². The van der Waals surface area contributed by atoms with E-state index >= 15 is 0 Å². The Morgan fingerprint density at radius 1 is 1.30 bits per heavy atom. The Labute approximate surface area is 126 Å². The Morgan fingerprint density at radius 2 is 1.95 bits per heavy atom. The van der Waals surface area contributed by atoms with Gasteiger partial charge in [0.1, 0.15) is 0 Å². The number of carbonyl (C=O) groups is 2. The summed E-state index contributed by atoms with van der Waals surface area (Å²) < 4.78 is 5.92. The standard InChI is InChI=1S/C13H18BrN3O3/c1-20-11(7-15)6-12(18)16-8-13(19)17-10-4-2-9(14)3-5-10/h2-5,11H,6-8,15H2,1H3,(H,16,18)(H,17,19). The molecule has 0 aliphatic heterocycles. The van der Waals surface area contributed by atoms with Crippen molar-refractivity contribution in [1.82, 2.24) is 5.32 Å². The molecule has 0 saturated carbocycles. The Kier molecular flexibility index (Phi) is 7.21. The Morgan fingerprint density at radius 3 is 2.50 bits per heavy atom. The van der Waals surface area contributed by atoms with Crippen molar-refractivity contribution in [2.75, 3.05) is 25.5 Å². The number of halogens is 1. The zero-order valence-electron chi connectivity index (χ0n) is 11.2. The van der Waals surface area contributed by atoms with E-state index < -0.39 is 0 Å². The molecule has 0 bridgehead atoms. The summed E-state index contributed by atoms with van der Waals surface area (Å²) in [6.07, 6.45) is -0.192. The van der Waals surface area contributed by atoms with Gasteiger partial charge >= 0.3 is 0 Å². The highest BCUT2D eigenvalue weighted by Crippen LogP contribution is 2.13. The van der Waals surface area contributed by atoms with Gasteiger partial charge in [0.2, 0.25) is 11.8 Å². The number of benzene rings is 1. The first kappa shape index (κ1) is 16.6. The van der Waals surface area contributed by atoms with E-state index in [0.717, 1.165) is 4.47 Å². The largest absolute Gasteiger partial charge is 0.380 e. The highest BCUT2D eigenvalue weighted by molar-refractivity contribution is 9.10. The average Bonchev–Trinajstić information content (AvgIpc) is 2.45. The SMILES string of the molecule is COC(CN)CC(=O)NCC(=O)Nc1ccc(Br)cc1. The number of nitrogens with one attached hydrogen (secondary N) is 2. The smallest absolute Gasteiger partial charge is 0.243 e. The number of hydrogen-bond donors (Lipinski definition) is 3. The maximum absolute atomic E-state index is 11.6. The van der Waals surface area contributed by atoms with Gasteiger partial charge in [-0.25, -0.2) is 0 Å². The average molecular weight is 344 g/mol. The van der Waals surface area contributed by atoms with Gasteiger partial charge in [0.05, 0.1) is 19.1 Å². The molecule has 1 atom stereocenters. The van der Waals surface area contributed by atoms with Gasteiger partial charge in [0, 0.05) is 23.8 Å². The van der Waals surface area contributed by atoms with Crippen molar-refractivity contribution in [2.24, 2.45) is 5.73 Å². The van der Waals surface area contributed by atoms with Gasteiger partial charge in [-0.15, -0.1) is 0 Å². The zero-order chi connectivity index (χ0) is 15.0. The summed E-state index contributed by atoms with van der Waals surface area (Å²) in [5.74, 6) is -0.560. The van der Waals surface area contributed by atoms with Gasteiger partial charge < -0.3 is 21.1 Å². The lowest BCUT2D eigenvalue weighted by Crippen LogP contribution is -2.36. The summed E-state index contributed by atoms with van der Waals surface area (Å²) in [5, 5.41) is 5.19. The summed E-state index contributed by atoms with van der Waals surface area (Å²) in [7, 11) is 1.49. The van der Waals surface area contributed by atoms with Crippen LogP contribution in [-0.2, 0) is 14.3 Å². The number of anilines is 1. The molecule has 7 heteroatoms. The van der Waals surface area contributed by atoms with E-state index in [2.05, 4.69) is 26.6 Å². The van der Waals surface area contributed by atoms with Gasteiger partial charge in [-0.3, -0.25) is 9.59 Å². The second-order valence-corrected chi connectivity index (χ2v) is 5.05. The molecule has 0 heterocycles. The molecule has 0 saturated heterocycles. The van der Waals surface area contributed by atoms with E-state index in [4.69, 9.17) is 10.5 Å². The quantitative estimate of drug-likeness (QED) is 0.684. The fraction of sp³-hybridized carbons (Fsp3) is 0.385. The van der Waals surface area contributed by atoms with Crippen LogP contribution in [0.5, 0.6) is 0 Å². The highest BCUT2D eigenvalue weighted by Gasteiger charge is 2.12. The molecule has 0 spiro atoms. The monoisotopic (exact) mass is 343 g/mol. The molecule has 0 aliphatic rings. The molecule has 0 fully saturated rings. The lowest BCUT2D eigenvalue weighted by atomic mass is 10.2. The van der Waals surface area contributed by atoms with Crippen LogP contribution in [-0.4, -0.2) is 38.1 Å². The predicted octanol–water partition coefficient (Wildman–Crippen LogP) is 0.868. The third-order valence-corrected chi connectivity index (χ3v) is 3.11. The fourth-order valence-corrected chi connectivity index (χ4v) is 1.72. The predicted molar refractivity (Wildman–Crippen MR) is 80.2 cm³/mol. The summed E-state index contributed by atoms with van der Waals surface area (Å²) >= 11 is 3.31. The third kappa shape index (κ3) is 6.14. The molecule has 0 aliphatic carbocycles. The van der Waals surface area contributed by atoms with Crippen LogP contribution in [0.3, 0.4) is 0 Å². The number of amides is 2. The molecule has 1 rings (SSSR count). The molecule has 1 aromatic carbocycles. The van der Waals surface area contributed by atoms with Gasteiger partial charge in [-0.05, 0) is 24.3 Å². The highest BCUT2D eigenvalue weighted by atomic mass is 79.9. The normalized spacial score (nSPS) is 11.8. The van der Waals surface area contributed by atoms with E-state index in [0.29, 0.717) is 5.69 Å². The van der Waals surface area contributed by atoms with Gasteiger partial charge in [0.15, 0.2) is 0 Å². The van der Waals surface area contributed by atoms with E-state index in [1.165, 1.54) is 7.11 Å². The van der Waals surface area contributed by atoms with E-state index in [1.807, 2.05) is 12.1 Å². The zero-order valence-corrected chi connectivity index (χ0v) is 12.8. The van der Waals surface area contributed by atoms with Crippen LogP contribution >= 0.6 is 15.9 Å². The second kappa shape index (κ2) is 8.68. The lowest BCUT2D eigenvalue weighted by Gasteiger charge is -2.12. The first-order chi connectivity index (χ1) is 9.55. The molecule has 6 nitrogen and oxygen atoms in total. The summed E-state index contributed by atoms with van der Waals surface area (Å²) in [4.78, 5) is 23.2. The van der Waals surface area contributed by atoms with Crippen LogP contribution in [0.4, 0.5) is 5.69 Å². The number of ether oxygens (including phenoxy) is 1. The van der Waals surface area contributed by atoms with Crippen molar-refractivity contribution in [2.45, 2.75) is 12.5 Å². The minimum absolute atomic E-state index is 0.0874. The number of methoxy groups -OCH3 is 1. The van der Waals surface area contributed by atoms with Crippen molar-refractivity contribution >= 4 is 33.4 Å². The van der Waals surface area contributed by atoms with Crippen LogP contribution in [0.25, 0.3) is 0 Å². The molecule has 20 heavy (non-hydrogen) atoms. The van der Waals surface area contributed by atoms with Crippen LogP contribution in [0.15, 0.2) is 28.7 Å². The first-order valence-electron chi connectivity index (χ1n) is 6.10. The summed E-state index contributed by atoms with van der Waals surface area (Å²) in [5.41, 5.74) is 6.08. The Hall–Kier alpha value is -1.44. The molecular weight excluding hydrogens is 326 g/mol. The molecular formula is C13H18BrN3O3. The van der Waals surface area contributed by atoms with Crippen molar-refractivity contribution in [1.29, 1.82) is 0 Å². The number of rotatable bonds is 7. The second-order valence-electron chi connectivity index (χ2n) is 4.13. The summed E-state index contributed by atoms with van der Waals surface area (Å²) in [6, 6.07) is 7.16. The van der Waals surface area contributed by atoms with Crippen LogP contribution in [0.2, 0.25) is 0 Å². The topological polar surface area (TPSA) is 93.4 Å². The van der Waals surface area contributed by atoms with Gasteiger partial charge in [-0.2, -0.15) is 0 Å². The third-order valence-electron chi connectivity index (χ3n) is 2.58. The molecule has 110 valence electrons.